The quantitative estimate of drug-likeness (QED) is 0.541. The van der Waals surface area contributed by atoms with Crippen LogP contribution in [0.15, 0.2) is 36.4 Å². The van der Waals surface area contributed by atoms with Crippen LogP contribution < -0.4 is 9.64 Å². The molecule has 2 aromatic carbocycles. The summed E-state index contributed by atoms with van der Waals surface area (Å²) in [6.07, 6.45) is 1.86. The molecule has 0 aliphatic rings. The topological polar surface area (TPSA) is 81.7 Å². The lowest BCUT2D eigenvalue weighted by atomic mass is 10.0. The molecular formula is C24H32N4O3. The Hall–Kier alpha value is -3.06. The number of likely N-dealkylation sites (N-methyl/N-ethyl adjacent to an activating group) is 1. The van der Waals surface area contributed by atoms with Gasteiger partial charge in [0.2, 0.25) is 0 Å². The zero-order chi connectivity index (χ0) is 22.5. The fourth-order valence-corrected chi connectivity index (χ4v) is 3.30. The van der Waals surface area contributed by atoms with Gasteiger partial charge >= 0.3 is 0 Å². The second-order valence-corrected chi connectivity index (χ2v) is 8.53. The molecule has 3 rings (SSSR count). The number of amides is 1. The van der Waals surface area contributed by atoms with Crippen molar-refractivity contribution in [3.63, 3.8) is 0 Å². The summed E-state index contributed by atoms with van der Waals surface area (Å²) in [6.45, 7) is 5.77. The molecule has 166 valence electrons. The predicted octanol–water partition coefficient (Wildman–Crippen LogP) is 4.07. The summed E-state index contributed by atoms with van der Waals surface area (Å²) in [7, 11) is 5.69. The largest absolute Gasteiger partial charge is 0.507 e. The Bertz CT molecular complexity index is 1030. The first-order chi connectivity index (χ1) is 14.8. The maximum atomic E-state index is 13.1. The molecule has 0 unspecified atom stereocenters. The van der Waals surface area contributed by atoms with Crippen LogP contribution >= 0.6 is 0 Å². The van der Waals surface area contributed by atoms with Crippen LogP contribution in [0.1, 0.15) is 36.3 Å². The number of carbonyl (C=O) groups excluding carboxylic acids is 1. The number of benzene rings is 2. The van der Waals surface area contributed by atoms with E-state index in [0.29, 0.717) is 18.0 Å². The molecule has 3 aromatic rings. The van der Waals surface area contributed by atoms with Crippen molar-refractivity contribution in [2.45, 2.75) is 26.7 Å². The Morgan fingerprint density at radius 2 is 1.87 bits per heavy atom. The number of aromatic nitrogens is 2. The van der Waals surface area contributed by atoms with Crippen molar-refractivity contribution < 1.29 is 14.6 Å². The number of ether oxygens (including phenoxy) is 1. The van der Waals surface area contributed by atoms with Gasteiger partial charge in [-0.05, 0) is 63.2 Å². The van der Waals surface area contributed by atoms with E-state index in [4.69, 9.17) is 4.74 Å². The van der Waals surface area contributed by atoms with Gasteiger partial charge in [0.05, 0.1) is 11.1 Å². The summed E-state index contributed by atoms with van der Waals surface area (Å²) in [4.78, 5) is 16.7. The number of phenols is 1. The Labute approximate surface area is 183 Å². The van der Waals surface area contributed by atoms with E-state index < -0.39 is 0 Å². The monoisotopic (exact) mass is 424 g/mol. The lowest BCUT2D eigenvalue weighted by Crippen LogP contribution is -2.26. The number of hydrogen-bond acceptors (Lipinski definition) is 5. The number of nitrogens with one attached hydrogen (secondary N) is 1. The van der Waals surface area contributed by atoms with Gasteiger partial charge in [-0.1, -0.05) is 13.8 Å². The molecule has 0 bridgehead atoms. The van der Waals surface area contributed by atoms with E-state index in [-0.39, 0.29) is 17.2 Å². The molecule has 0 fully saturated rings. The highest BCUT2D eigenvalue weighted by Gasteiger charge is 2.20. The molecular weight excluding hydrogens is 392 g/mol. The Morgan fingerprint density at radius 3 is 2.52 bits per heavy atom. The van der Waals surface area contributed by atoms with Gasteiger partial charge in [0.25, 0.3) is 5.91 Å². The van der Waals surface area contributed by atoms with Gasteiger partial charge in [0, 0.05) is 36.4 Å². The number of hydrogen-bond donors (Lipinski definition) is 2. The van der Waals surface area contributed by atoms with Crippen LogP contribution in [0.25, 0.3) is 10.9 Å². The SMILES string of the molecule is CC(C)CCc1[nH]nc2cc(O)c(C(=O)N(C)c3ccc(OCCN(C)C)cc3)cc12. The molecule has 1 heterocycles. The van der Waals surface area contributed by atoms with Crippen LogP contribution in [0, 0.1) is 5.92 Å². The lowest BCUT2D eigenvalue weighted by molar-refractivity contribution is 0.0990. The van der Waals surface area contributed by atoms with E-state index in [0.717, 1.165) is 41.9 Å². The summed E-state index contributed by atoms with van der Waals surface area (Å²) in [5, 5.41) is 18.7. The highest BCUT2D eigenvalue weighted by molar-refractivity contribution is 6.09. The van der Waals surface area contributed by atoms with Crippen molar-refractivity contribution in [2.24, 2.45) is 5.92 Å². The number of carbonyl (C=O) groups is 1. The first kappa shape index (κ1) is 22.6. The molecule has 0 spiro atoms. The second-order valence-electron chi connectivity index (χ2n) is 8.53. The first-order valence-corrected chi connectivity index (χ1v) is 10.6. The Morgan fingerprint density at radius 1 is 1.16 bits per heavy atom. The molecule has 7 heteroatoms. The number of rotatable bonds is 9. The average Bonchev–Trinajstić information content (AvgIpc) is 3.12. The Balaban J connectivity index is 1.78. The van der Waals surface area contributed by atoms with E-state index >= 15 is 0 Å². The molecule has 7 nitrogen and oxygen atoms in total. The number of aromatic hydroxyl groups is 1. The molecule has 0 radical (unpaired) electrons. The normalized spacial score (nSPS) is 11.5. The highest BCUT2D eigenvalue weighted by atomic mass is 16.5. The third-order valence-electron chi connectivity index (χ3n) is 5.29. The zero-order valence-corrected chi connectivity index (χ0v) is 19.0. The van der Waals surface area contributed by atoms with Crippen LogP contribution in [0.3, 0.4) is 0 Å². The smallest absolute Gasteiger partial charge is 0.261 e. The van der Waals surface area contributed by atoms with Gasteiger partial charge in [0.1, 0.15) is 18.1 Å². The summed E-state index contributed by atoms with van der Waals surface area (Å²) in [5.74, 6) is 0.966. The van der Waals surface area contributed by atoms with Crippen molar-refractivity contribution >= 4 is 22.5 Å². The van der Waals surface area contributed by atoms with Crippen molar-refractivity contribution in [1.82, 2.24) is 15.1 Å². The van der Waals surface area contributed by atoms with Crippen molar-refractivity contribution in [1.29, 1.82) is 0 Å². The first-order valence-electron chi connectivity index (χ1n) is 10.6. The van der Waals surface area contributed by atoms with E-state index in [1.165, 1.54) is 4.90 Å². The van der Waals surface area contributed by atoms with Gasteiger partial charge in [-0.3, -0.25) is 9.89 Å². The lowest BCUT2D eigenvalue weighted by Gasteiger charge is -2.19. The van der Waals surface area contributed by atoms with Crippen LogP contribution in [0.2, 0.25) is 0 Å². The van der Waals surface area contributed by atoms with E-state index in [9.17, 15) is 9.90 Å². The zero-order valence-electron chi connectivity index (χ0n) is 19.0. The average molecular weight is 425 g/mol. The number of H-pyrrole nitrogens is 1. The molecule has 2 N–H and O–H groups in total. The third-order valence-corrected chi connectivity index (χ3v) is 5.29. The van der Waals surface area contributed by atoms with Crippen LogP contribution in [-0.2, 0) is 6.42 Å². The van der Waals surface area contributed by atoms with E-state index in [1.54, 1.807) is 19.2 Å². The van der Waals surface area contributed by atoms with E-state index in [1.807, 2.05) is 38.4 Å². The molecule has 0 saturated carbocycles. The second kappa shape index (κ2) is 9.83. The van der Waals surface area contributed by atoms with Crippen LogP contribution in [-0.4, -0.2) is 60.4 Å². The fourth-order valence-electron chi connectivity index (χ4n) is 3.30. The number of anilines is 1. The van der Waals surface area contributed by atoms with Crippen molar-refractivity contribution in [3.05, 3.63) is 47.7 Å². The molecule has 0 saturated heterocycles. The molecule has 0 atom stereocenters. The minimum Gasteiger partial charge on any atom is -0.507 e. The Kier molecular flexibility index (Phi) is 7.17. The minimum absolute atomic E-state index is 0.0742. The van der Waals surface area contributed by atoms with Crippen molar-refractivity contribution in [3.8, 4) is 11.5 Å². The molecule has 0 aliphatic carbocycles. The number of nitrogens with zero attached hydrogens (tertiary/aromatic N) is 3. The molecule has 0 aliphatic heterocycles. The van der Waals surface area contributed by atoms with Gasteiger partial charge in [-0.15, -0.1) is 0 Å². The van der Waals surface area contributed by atoms with E-state index in [2.05, 4.69) is 28.9 Å². The highest BCUT2D eigenvalue weighted by Crippen LogP contribution is 2.29. The van der Waals surface area contributed by atoms with Crippen LogP contribution in [0.4, 0.5) is 5.69 Å². The number of phenolic OH excluding ortho intramolecular Hbond substituents is 1. The van der Waals surface area contributed by atoms with Crippen molar-refractivity contribution in [2.75, 3.05) is 39.2 Å². The number of aromatic amines is 1. The van der Waals surface area contributed by atoms with Crippen LogP contribution in [0.5, 0.6) is 11.5 Å². The predicted molar refractivity (Wildman–Crippen MR) is 124 cm³/mol. The molecule has 31 heavy (non-hydrogen) atoms. The minimum atomic E-state index is -0.281. The number of fused-ring (bicyclic) bond motifs is 1. The fraction of sp³-hybridized carbons (Fsp3) is 0.417. The van der Waals surface area contributed by atoms with Gasteiger partial charge < -0.3 is 19.6 Å². The summed E-state index contributed by atoms with van der Waals surface area (Å²) in [5.41, 5.74) is 2.62. The summed E-state index contributed by atoms with van der Waals surface area (Å²) in [6, 6.07) is 10.7. The number of aryl methyl sites for hydroxylation is 1. The third kappa shape index (κ3) is 5.55. The van der Waals surface area contributed by atoms with Gasteiger partial charge in [0.15, 0.2) is 0 Å². The maximum absolute atomic E-state index is 13.1. The summed E-state index contributed by atoms with van der Waals surface area (Å²) >= 11 is 0. The van der Waals surface area contributed by atoms with Gasteiger partial charge in [-0.25, -0.2) is 0 Å². The molecule has 1 amide bonds. The summed E-state index contributed by atoms with van der Waals surface area (Å²) < 4.78 is 5.71. The van der Waals surface area contributed by atoms with Gasteiger partial charge in [-0.2, -0.15) is 5.10 Å². The maximum Gasteiger partial charge on any atom is 0.261 e. The molecule has 1 aromatic heterocycles. The standard InChI is InChI=1S/C24H32N4O3/c1-16(2)6-11-21-19-14-20(23(29)15-22(19)26-25-21)24(30)28(5)17-7-9-18(10-8-17)31-13-12-27(3)4/h7-10,14-16,29H,6,11-13H2,1-5H3,(H,25,26).